The number of anilines is 1. The molecule has 4 N–H and O–H groups in total. The number of rotatable bonds is 5. The Bertz CT molecular complexity index is 635. The molecule has 1 amide bonds. The molecule has 0 aliphatic heterocycles. The van der Waals surface area contributed by atoms with Crippen molar-refractivity contribution in [2.75, 3.05) is 5.43 Å². The number of hydrazine groups is 1. The van der Waals surface area contributed by atoms with Crippen molar-refractivity contribution in [2.45, 2.75) is 26.3 Å². The van der Waals surface area contributed by atoms with Crippen LogP contribution in [0.3, 0.4) is 0 Å². The van der Waals surface area contributed by atoms with Gasteiger partial charge >= 0.3 is 0 Å². The molecule has 0 aromatic carbocycles. The highest BCUT2D eigenvalue weighted by atomic mass is 16.1. The number of hydrogen-bond donors (Lipinski definition) is 3. The van der Waals surface area contributed by atoms with Crippen molar-refractivity contribution in [1.82, 2.24) is 25.1 Å². The average molecular weight is 289 g/mol. The van der Waals surface area contributed by atoms with Gasteiger partial charge in [-0.05, 0) is 6.07 Å². The normalized spacial score (nSPS) is 10.7. The third-order valence-corrected chi connectivity index (χ3v) is 2.89. The topological polar surface area (TPSA) is 111 Å². The van der Waals surface area contributed by atoms with Gasteiger partial charge in [-0.25, -0.2) is 9.97 Å². The molecule has 0 fully saturated rings. The van der Waals surface area contributed by atoms with Gasteiger partial charge in [-0.15, -0.1) is 0 Å². The summed E-state index contributed by atoms with van der Waals surface area (Å²) in [5, 5.41) is 6.96. The first-order valence-corrected chi connectivity index (χ1v) is 6.61. The first-order valence-electron chi connectivity index (χ1n) is 6.61. The Morgan fingerprint density at radius 1 is 1.48 bits per heavy atom. The second-order valence-electron chi connectivity index (χ2n) is 4.95. The molecule has 0 bridgehead atoms. The Kier molecular flexibility index (Phi) is 4.49. The first-order chi connectivity index (χ1) is 10.0. The van der Waals surface area contributed by atoms with Crippen LogP contribution < -0.4 is 16.6 Å². The van der Waals surface area contributed by atoms with E-state index in [1.165, 1.54) is 6.20 Å². The number of nitrogens with zero attached hydrogens (tertiary/aromatic N) is 4. The standard InChI is InChI=1S/C13H19N7O/c1-8(2)12-15-7-10(18-14)11(17-12)13(21)16-6-9-4-5-20(3)19-9/h4-5,7-8,18H,6,14H2,1-3H3,(H,16,21). The van der Waals surface area contributed by atoms with Crippen LogP contribution >= 0.6 is 0 Å². The minimum Gasteiger partial charge on any atom is -0.345 e. The van der Waals surface area contributed by atoms with Crippen molar-refractivity contribution < 1.29 is 4.79 Å². The quantitative estimate of drug-likeness (QED) is 0.547. The van der Waals surface area contributed by atoms with E-state index in [1.807, 2.05) is 33.2 Å². The maximum atomic E-state index is 12.2. The lowest BCUT2D eigenvalue weighted by Gasteiger charge is -2.11. The fourth-order valence-corrected chi connectivity index (χ4v) is 1.76. The molecule has 0 unspecified atom stereocenters. The lowest BCUT2D eigenvalue weighted by atomic mass is 10.2. The van der Waals surface area contributed by atoms with E-state index in [1.54, 1.807) is 4.68 Å². The maximum Gasteiger partial charge on any atom is 0.272 e. The number of hydrogen-bond acceptors (Lipinski definition) is 6. The lowest BCUT2D eigenvalue weighted by molar-refractivity contribution is 0.0945. The summed E-state index contributed by atoms with van der Waals surface area (Å²) in [7, 11) is 1.82. The van der Waals surface area contributed by atoms with Crippen molar-refractivity contribution in [3.05, 3.63) is 35.7 Å². The molecule has 2 heterocycles. The van der Waals surface area contributed by atoms with E-state index >= 15 is 0 Å². The monoisotopic (exact) mass is 289 g/mol. The van der Waals surface area contributed by atoms with Gasteiger partial charge < -0.3 is 10.7 Å². The van der Waals surface area contributed by atoms with Gasteiger partial charge in [-0.2, -0.15) is 5.10 Å². The first kappa shape index (κ1) is 14.9. The summed E-state index contributed by atoms with van der Waals surface area (Å²) < 4.78 is 1.68. The molecular formula is C13H19N7O. The van der Waals surface area contributed by atoms with E-state index in [2.05, 4.69) is 25.8 Å². The second-order valence-corrected chi connectivity index (χ2v) is 4.95. The van der Waals surface area contributed by atoms with E-state index in [0.717, 1.165) is 5.69 Å². The van der Waals surface area contributed by atoms with E-state index in [0.29, 0.717) is 18.1 Å². The Labute approximate surface area is 122 Å². The van der Waals surface area contributed by atoms with Crippen LogP contribution in [0.5, 0.6) is 0 Å². The van der Waals surface area contributed by atoms with E-state index in [9.17, 15) is 4.79 Å². The van der Waals surface area contributed by atoms with E-state index < -0.39 is 0 Å². The SMILES string of the molecule is CC(C)c1ncc(NN)c(C(=O)NCc2ccn(C)n2)n1. The van der Waals surface area contributed by atoms with Crippen LogP contribution in [0.2, 0.25) is 0 Å². The molecule has 0 spiro atoms. The molecular weight excluding hydrogens is 270 g/mol. The van der Waals surface area contributed by atoms with Crippen molar-refractivity contribution in [1.29, 1.82) is 0 Å². The molecule has 2 aromatic rings. The molecule has 0 aliphatic carbocycles. The number of aryl methyl sites for hydroxylation is 1. The molecule has 2 rings (SSSR count). The molecule has 8 heteroatoms. The molecule has 8 nitrogen and oxygen atoms in total. The van der Waals surface area contributed by atoms with E-state index in [-0.39, 0.29) is 17.5 Å². The van der Waals surface area contributed by atoms with Crippen LogP contribution in [0.4, 0.5) is 5.69 Å². The fourth-order valence-electron chi connectivity index (χ4n) is 1.76. The number of carbonyl (C=O) groups excluding carboxylic acids is 1. The number of nitrogens with one attached hydrogen (secondary N) is 2. The molecule has 0 atom stereocenters. The highest BCUT2D eigenvalue weighted by molar-refractivity contribution is 5.97. The van der Waals surface area contributed by atoms with Crippen molar-refractivity contribution in [2.24, 2.45) is 12.9 Å². The number of carbonyl (C=O) groups is 1. The Balaban J connectivity index is 2.15. The maximum absolute atomic E-state index is 12.2. The van der Waals surface area contributed by atoms with Crippen molar-refractivity contribution in [3.63, 3.8) is 0 Å². The second kappa shape index (κ2) is 6.31. The van der Waals surface area contributed by atoms with Crippen molar-refractivity contribution in [3.8, 4) is 0 Å². The summed E-state index contributed by atoms with van der Waals surface area (Å²) in [5.74, 6) is 5.80. The average Bonchev–Trinajstić information content (AvgIpc) is 2.89. The zero-order valence-corrected chi connectivity index (χ0v) is 12.3. The van der Waals surface area contributed by atoms with Crippen LogP contribution in [-0.4, -0.2) is 25.7 Å². The third-order valence-electron chi connectivity index (χ3n) is 2.89. The zero-order valence-electron chi connectivity index (χ0n) is 12.3. The summed E-state index contributed by atoms with van der Waals surface area (Å²) in [6.07, 6.45) is 3.33. The van der Waals surface area contributed by atoms with Crippen LogP contribution in [-0.2, 0) is 13.6 Å². The predicted molar refractivity (Wildman–Crippen MR) is 78.3 cm³/mol. The highest BCUT2D eigenvalue weighted by Crippen LogP contribution is 2.15. The molecule has 21 heavy (non-hydrogen) atoms. The fraction of sp³-hybridized carbons (Fsp3) is 0.385. The summed E-state index contributed by atoms with van der Waals surface area (Å²) in [5.41, 5.74) is 3.82. The van der Waals surface area contributed by atoms with Crippen LogP contribution in [0.1, 0.15) is 41.8 Å². The number of amides is 1. The van der Waals surface area contributed by atoms with Gasteiger partial charge in [0, 0.05) is 19.2 Å². The Morgan fingerprint density at radius 3 is 2.81 bits per heavy atom. The van der Waals surface area contributed by atoms with Gasteiger partial charge in [-0.3, -0.25) is 15.3 Å². The molecule has 0 radical (unpaired) electrons. The lowest BCUT2D eigenvalue weighted by Crippen LogP contribution is -2.27. The molecule has 0 saturated heterocycles. The number of nitrogens with two attached hydrogens (primary N) is 1. The number of nitrogen functional groups attached to an aromatic ring is 1. The minimum absolute atomic E-state index is 0.124. The predicted octanol–water partition coefficient (Wildman–Crippen LogP) is 0.549. The van der Waals surface area contributed by atoms with Gasteiger partial charge in [0.1, 0.15) is 5.82 Å². The van der Waals surface area contributed by atoms with Crippen LogP contribution in [0.25, 0.3) is 0 Å². The molecule has 0 aliphatic rings. The summed E-state index contributed by atoms with van der Waals surface area (Å²) in [6, 6.07) is 1.84. The van der Waals surface area contributed by atoms with Gasteiger partial charge in [0.25, 0.3) is 5.91 Å². The zero-order chi connectivity index (χ0) is 15.4. The minimum atomic E-state index is -0.321. The summed E-state index contributed by atoms with van der Waals surface area (Å²) >= 11 is 0. The largest absolute Gasteiger partial charge is 0.345 e. The molecule has 0 saturated carbocycles. The van der Waals surface area contributed by atoms with Gasteiger partial charge in [0.05, 0.1) is 24.1 Å². The van der Waals surface area contributed by atoms with Crippen molar-refractivity contribution >= 4 is 11.6 Å². The van der Waals surface area contributed by atoms with Crippen LogP contribution in [0, 0.1) is 0 Å². The smallest absolute Gasteiger partial charge is 0.272 e. The van der Waals surface area contributed by atoms with E-state index in [4.69, 9.17) is 5.84 Å². The van der Waals surface area contributed by atoms with Crippen LogP contribution in [0.15, 0.2) is 18.5 Å². The van der Waals surface area contributed by atoms with Gasteiger partial charge in [0.2, 0.25) is 0 Å². The summed E-state index contributed by atoms with van der Waals surface area (Å²) in [6.45, 7) is 4.24. The summed E-state index contributed by atoms with van der Waals surface area (Å²) in [4.78, 5) is 20.7. The van der Waals surface area contributed by atoms with Gasteiger partial charge in [0.15, 0.2) is 5.69 Å². The third kappa shape index (κ3) is 3.54. The molecule has 112 valence electrons. The highest BCUT2D eigenvalue weighted by Gasteiger charge is 2.16. The Hall–Kier alpha value is -2.48. The Morgan fingerprint density at radius 2 is 2.24 bits per heavy atom. The van der Waals surface area contributed by atoms with Gasteiger partial charge in [-0.1, -0.05) is 13.8 Å². The number of aromatic nitrogens is 4. The molecule has 2 aromatic heterocycles.